The van der Waals surface area contributed by atoms with Gasteiger partial charge in [0.25, 0.3) is 11.6 Å². The summed E-state index contributed by atoms with van der Waals surface area (Å²) in [5, 5.41) is 17.5. The van der Waals surface area contributed by atoms with Crippen LogP contribution in [-0.4, -0.2) is 54.5 Å². The third kappa shape index (κ3) is 4.54. The second-order valence-corrected chi connectivity index (χ2v) is 8.70. The van der Waals surface area contributed by atoms with Crippen LogP contribution < -0.4 is 10.1 Å². The Morgan fingerprint density at radius 3 is 2.45 bits per heavy atom. The molecular weight excluding hydrogens is 426 g/mol. The monoisotopic (exact) mass is 445 g/mol. The molecule has 0 atom stereocenters. The maximum atomic E-state index is 12.7. The zero-order valence-corrected chi connectivity index (χ0v) is 17.7. The summed E-state index contributed by atoms with van der Waals surface area (Å²) in [6, 6.07) is 9.82. The maximum absolute atomic E-state index is 12.7. The molecule has 12 heteroatoms. The standard InChI is InChI=1S/C19H19N5O6S/c1-22(2)31(28,29)16-8-9-18(30-3)17(10-16)21-19(25)13-11-20-23(12-13)14-4-6-15(7-5-14)24(26)27/h4-12H,1-3H3,(H,21,25). The van der Waals surface area contributed by atoms with Gasteiger partial charge < -0.3 is 10.1 Å². The number of nitrogens with one attached hydrogen (secondary N) is 1. The molecule has 0 saturated heterocycles. The van der Waals surface area contributed by atoms with Crippen molar-refractivity contribution in [2.75, 3.05) is 26.5 Å². The molecule has 0 radical (unpaired) electrons. The van der Waals surface area contributed by atoms with Crippen LogP contribution in [0, 0.1) is 10.1 Å². The Labute approximate surface area is 178 Å². The highest BCUT2D eigenvalue weighted by Crippen LogP contribution is 2.29. The molecule has 1 N–H and O–H groups in total. The van der Waals surface area contributed by atoms with Gasteiger partial charge in [-0.05, 0) is 30.3 Å². The normalized spacial score (nSPS) is 11.4. The Morgan fingerprint density at radius 1 is 1.19 bits per heavy atom. The highest BCUT2D eigenvalue weighted by molar-refractivity contribution is 7.89. The number of methoxy groups -OCH3 is 1. The summed E-state index contributed by atoms with van der Waals surface area (Å²) in [5.41, 5.74) is 0.842. The molecule has 3 rings (SSSR count). The van der Waals surface area contributed by atoms with E-state index in [2.05, 4.69) is 10.4 Å². The molecule has 0 aliphatic heterocycles. The van der Waals surface area contributed by atoms with E-state index in [0.29, 0.717) is 5.69 Å². The Hall–Kier alpha value is -3.77. The van der Waals surface area contributed by atoms with Crippen molar-refractivity contribution in [3.63, 3.8) is 0 Å². The van der Waals surface area contributed by atoms with E-state index in [4.69, 9.17) is 4.74 Å². The topological polar surface area (TPSA) is 137 Å². The highest BCUT2D eigenvalue weighted by Gasteiger charge is 2.20. The van der Waals surface area contributed by atoms with Crippen LogP contribution in [0.1, 0.15) is 10.4 Å². The van der Waals surface area contributed by atoms with Gasteiger partial charge in [-0.2, -0.15) is 5.10 Å². The fraction of sp³-hybridized carbons (Fsp3) is 0.158. The number of hydrogen-bond acceptors (Lipinski definition) is 7. The van der Waals surface area contributed by atoms with Crippen LogP contribution in [0.5, 0.6) is 5.75 Å². The molecule has 0 unspecified atom stereocenters. The molecule has 3 aromatic rings. The second-order valence-electron chi connectivity index (χ2n) is 6.55. The van der Waals surface area contributed by atoms with E-state index in [1.165, 1.54) is 80.7 Å². The molecule has 0 bridgehead atoms. The number of amides is 1. The van der Waals surface area contributed by atoms with E-state index in [0.717, 1.165) is 4.31 Å². The number of carbonyl (C=O) groups is 1. The summed E-state index contributed by atoms with van der Waals surface area (Å²) >= 11 is 0. The molecule has 1 heterocycles. The van der Waals surface area contributed by atoms with Crippen molar-refractivity contribution in [2.24, 2.45) is 0 Å². The van der Waals surface area contributed by atoms with Gasteiger partial charge in [-0.1, -0.05) is 0 Å². The van der Waals surface area contributed by atoms with Gasteiger partial charge in [-0.25, -0.2) is 17.4 Å². The lowest BCUT2D eigenvalue weighted by molar-refractivity contribution is -0.384. The summed E-state index contributed by atoms with van der Waals surface area (Å²) in [5.74, 6) is -0.250. The molecule has 162 valence electrons. The molecule has 11 nitrogen and oxygen atoms in total. The first-order valence-electron chi connectivity index (χ1n) is 8.85. The number of benzene rings is 2. The molecule has 0 saturated carbocycles. The minimum absolute atomic E-state index is 0.00447. The van der Waals surface area contributed by atoms with Gasteiger partial charge in [-0.15, -0.1) is 0 Å². The van der Waals surface area contributed by atoms with Crippen LogP contribution in [0.2, 0.25) is 0 Å². The number of carbonyl (C=O) groups excluding carboxylic acids is 1. The summed E-state index contributed by atoms with van der Waals surface area (Å²) < 4.78 is 32.4. The first-order valence-corrected chi connectivity index (χ1v) is 10.3. The van der Waals surface area contributed by atoms with Crippen LogP contribution in [0.4, 0.5) is 11.4 Å². The Morgan fingerprint density at radius 2 is 1.87 bits per heavy atom. The minimum Gasteiger partial charge on any atom is -0.495 e. The second kappa shape index (κ2) is 8.53. The molecule has 0 spiro atoms. The number of sulfonamides is 1. The van der Waals surface area contributed by atoms with Crippen LogP contribution in [0.3, 0.4) is 0 Å². The number of nitro benzene ring substituents is 1. The SMILES string of the molecule is COc1ccc(S(=O)(=O)N(C)C)cc1NC(=O)c1cnn(-c2ccc([N+](=O)[O-])cc2)c1. The van der Waals surface area contributed by atoms with Gasteiger partial charge in [0, 0.05) is 32.4 Å². The van der Waals surface area contributed by atoms with E-state index in [9.17, 15) is 23.3 Å². The third-order valence-electron chi connectivity index (χ3n) is 4.37. The first kappa shape index (κ1) is 21.9. The van der Waals surface area contributed by atoms with Crippen molar-refractivity contribution < 1.29 is 22.9 Å². The Kier molecular flexibility index (Phi) is 6.04. The summed E-state index contributed by atoms with van der Waals surface area (Å²) in [4.78, 5) is 23.0. The molecule has 0 aliphatic carbocycles. The van der Waals surface area contributed by atoms with Crippen LogP contribution in [-0.2, 0) is 10.0 Å². The number of hydrogen-bond donors (Lipinski definition) is 1. The van der Waals surface area contributed by atoms with E-state index >= 15 is 0 Å². The van der Waals surface area contributed by atoms with Gasteiger partial charge in [0.1, 0.15) is 5.75 Å². The average molecular weight is 445 g/mol. The number of non-ortho nitro benzene ring substituents is 1. The van der Waals surface area contributed by atoms with Crippen molar-refractivity contribution in [3.05, 3.63) is 70.5 Å². The summed E-state index contributed by atoms with van der Waals surface area (Å²) in [6.07, 6.45) is 2.77. The zero-order valence-electron chi connectivity index (χ0n) is 16.8. The van der Waals surface area contributed by atoms with Crippen LogP contribution in [0.15, 0.2) is 59.8 Å². The van der Waals surface area contributed by atoms with Gasteiger partial charge in [-0.3, -0.25) is 14.9 Å². The zero-order chi connectivity index (χ0) is 22.8. The quantitative estimate of drug-likeness (QED) is 0.435. The van der Waals surface area contributed by atoms with E-state index < -0.39 is 20.9 Å². The lowest BCUT2D eigenvalue weighted by Crippen LogP contribution is -2.22. The molecule has 1 amide bonds. The highest BCUT2D eigenvalue weighted by atomic mass is 32.2. The van der Waals surface area contributed by atoms with Crippen LogP contribution >= 0.6 is 0 Å². The lowest BCUT2D eigenvalue weighted by Gasteiger charge is -2.15. The largest absolute Gasteiger partial charge is 0.495 e. The third-order valence-corrected chi connectivity index (χ3v) is 6.18. The molecule has 0 aliphatic rings. The summed E-state index contributed by atoms with van der Waals surface area (Å²) in [7, 11) is 0.510. The lowest BCUT2D eigenvalue weighted by atomic mass is 10.2. The number of rotatable bonds is 7. The van der Waals surface area contributed by atoms with E-state index in [1.54, 1.807) is 0 Å². The minimum atomic E-state index is -3.70. The maximum Gasteiger partial charge on any atom is 0.269 e. The van der Waals surface area contributed by atoms with Gasteiger partial charge >= 0.3 is 0 Å². The molecule has 1 aromatic heterocycles. The first-order chi connectivity index (χ1) is 14.6. The van der Waals surface area contributed by atoms with Gasteiger partial charge in [0.05, 0.1) is 40.1 Å². The van der Waals surface area contributed by atoms with Gasteiger partial charge in [0.2, 0.25) is 10.0 Å². The van der Waals surface area contributed by atoms with Crippen molar-refractivity contribution in [2.45, 2.75) is 4.90 Å². The molecule has 0 fully saturated rings. The van der Waals surface area contributed by atoms with E-state index in [1.807, 2.05) is 0 Å². The number of ether oxygens (including phenoxy) is 1. The number of aromatic nitrogens is 2. The fourth-order valence-corrected chi connectivity index (χ4v) is 3.59. The Bertz CT molecular complexity index is 1230. The average Bonchev–Trinajstić information content (AvgIpc) is 3.24. The number of anilines is 1. The van der Waals surface area contributed by atoms with Crippen molar-refractivity contribution in [1.29, 1.82) is 0 Å². The van der Waals surface area contributed by atoms with Gasteiger partial charge in [0.15, 0.2) is 0 Å². The summed E-state index contributed by atoms with van der Waals surface area (Å²) in [6.45, 7) is 0. The van der Waals surface area contributed by atoms with Crippen LogP contribution in [0.25, 0.3) is 5.69 Å². The smallest absolute Gasteiger partial charge is 0.269 e. The van der Waals surface area contributed by atoms with Crippen molar-refractivity contribution in [3.8, 4) is 11.4 Å². The number of nitrogens with zero attached hydrogens (tertiary/aromatic N) is 4. The predicted octanol–water partition coefficient (Wildman–Crippen LogP) is 2.29. The van der Waals surface area contributed by atoms with Crippen molar-refractivity contribution >= 4 is 27.3 Å². The molecule has 2 aromatic carbocycles. The fourth-order valence-electron chi connectivity index (χ4n) is 2.66. The van der Waals surface area contributed by atoms with Crippen molar-refractivity contribution in [1.82, 2.24) is 14.1 Å². The predicted molar refractivity (Wildman–Crippen MR) is 112 cm³/mol. The Balaban J connectivity index is 1.86. The molecular formula is C19H19N5O6S. The number of nitro groups is 1. The van der Waals surface area contributed by atoms with E-state index in [-0.39, 0.29) is 27.6 Å². The molecule has 31 heavy (non-hydrogen) atoms.